The molecule has 0 fully saturated rings. The summed E-state index contributed by atoms with van der Waals surface area (Å²) in [4.78, 5) is 21.0. The first-order chi connectivity index (χ1) is 6.52. The van der Waals surface area contributed by atoms with Crippen LogP contribution in [-0.4, -0.2) is 29.8 Å². The van der Waals surface area contributed by atoms with Gasteiger partial charge in [-0.2, -0.15) is 0 Å². The smallest absolute Gasteiger partial charge is 0.305 e. The number of ether oxygens (including phenoxy) is 1. The average Bonchev–Trinajstić information content (AvgIpc) is 2.08. The molecule has 0 atom stereocenters. The molecule has 0 bridgehead atoms. The van der Waals surface area contributed by atoms with Crippen LogP contribution in [0.25, 0.3) is 0 Å². The predicted octanol–water partition coefficient (Wildman–Crippen LogP) is -0.582. The maximum absolute atomic E-state index is 10.9. The van der Waals surface area contributed by atoms with Crippen molar-refractivity contribution in [2.24, 2.45) is 11.5 Å². The highest BCUT2D eigenvalue weighted by Gasteiger charge is 2.05. The van der Waals surface area contributed by atoms with E-state index in [-0.39, 0.29) is 19.4 Å². The molecule has 0 aromatic carbocycles. The van der Waals surface area contributed by atoms with Crippen molar-refractivity contribution in [2.45, 2.75) is 31.8 Å². The SMILES string of the molecule is NC(N)COC(=O)CCCCC(=O)O. The van der Waals surface area contributed by atoms with E-state index in [1.165, 1.54) is 0 Å². The van der Waals surface area contributed by atoms with Gasteiger partial charge in [0, 0.05) is 12.8 Å². The Morgan fingerprint density at radius 3 is 2.29 bits per heavy atom. The lowest BCUT2D eigenvalue weighted by Gasteiger charge is -2.06. The van der Waals surface area contributed by atoms with E-state index in [1.807, 2.05) is 0 Å². The first kappa shape index (κ1) is 12.9. The summed E-state index contributed by atoms with van der Waals surface area (Å²) in [7, 11) is 0. The summed E-state index contributed by atoms with van der Waals surface area (Å²) in [5.74, 6) is -1.25. The van der Waals surface area contributed by atoms with Gasteiger partial charge < -0.3 is 21.3 Å². The molecule has 0 radical (unpaired) electrons. The molecule has 6 nitrogen and oxygen atoms in total. The lowest BCUT2D eigenvalue weighted by Crippen LogP contribution is -2.36. The van der Waals surface area contributed by atoms with Gasteiger partial charge in [0.2, 0.25) is 0 Å². The summed E-state index contributed by atoms with van der Waals surface area (Å²) < 4.78 is 4.67. The maximum atomic E-state index is 10.9. The van der Waals surface area contributed by atoms with Gasteiger partial charge in [0.25, 0.3) is 0 Å². The molecular weight excluding hydrogens is 188 g/mol. The number of carbonyl (C=O) groups is 2. The fraction of sp³-hybridized carbons (Fsp3) is 0.750. The maximum Gasteiger partial charge on any atom is 0.305 e. The first-order valence-corrected chi connectivity index (χ1v) is 4.41. The molecule has 5 N–H and O–H groups in total. The molecule has 0 aromatic rings. The normalized spacial score (nSPS) is 10.2. The van der Waals surface area contributed by atoms with Crippen LogP contribution in [0.3, 0.4) is 0 Å². The summed E-state index contributed by atoms with van der Waals surface area (Å²) in [6.07, 6.45) is 0.603. The highest BCUT2D eigenvalue weighted by atomic mass is 16.5. The van der Waals surface area contributed by atoms with Gasteiger partial charge in [-0.15, -0.1) is 0 Å². The van der Waals surface area contributed by atoms with Crippen LogP contribution >= 0.6 is 0 Å². The Kier molecular flexibility index (Phi) is 6.69. The Morgan fingerprint density at radius 2 is 1.79 bits per heavy atom. The number of esters is 1. The van der Waals surface area contributed by atoms with Crippen LogP contribution in [0.4, 0.5) is 0 Å². The number of rotatable bonds is 7. The van der Waals surface area contributed by atoms with Crippen molar-refractivity contribution in [3.63, 3.8) is 0 Å². The van der Waals surface area contributed by atoms with Crippen LogP contribution in [0.1, 0.15) is 25.7 Å². The number of carbonyl (C=O) groups excluding carboxylic acids is 1. The van der Waals surface area contributed by atoms with E-state index in [0.29, 0.717) is 12.8 Å². The van der Waals surface area contributed by atoms with Crippen molar-refractivity contribution >= 4 is 11.9 Å². The molecule has 0 saturated heterocycles. The van der Waals surface area contributed by atoms with Crippen LogP contribution < -0.4 is 11.5 Å². The number of unbranched alkanes of at least 4 members (excludes halogenated alkanes) is 1. The van der Waals surface area contributed by atoms with Gasteiger partial charge in [0.1, 0.15) is 6.61 Å². The Hall–Kier alpha value is -1.14. The Labute approximate surface area is 82.2 Å². The minimum absolute atomic E-state index is 0.00222. The molecule has 0 amide bonds. The Bertz CT molecular complexity index is 194. The molecule has 82 valence electrons. The highest BCUT2D eigenvalue weighted by molar-refractivity contribution is 5.69. The second-order valence-electron chi connectivity index (χ2n) is 2.95. The largest absolute Gasteiger partial charge is 0.481 e. The van der Waals surface area contributed by atoms with Crippen LogP contribution in [0.2, 0.25) is 0 Å². The van der Waals surface area contributed by atoms with Gasteiger partial charge in [-0.1, -0.05) is 0 Å². The molecule has 0 saturated carbocycles. The number of hydrogen-bond donors (Lipinski definition) is 3. The van der Waals surface area contributed by atoms with Gasteiger partial charge in [-0.25, -0.2) is 0 Å². The third-order valence-corrected chi connectivity index (χ3v) is 1.46. The molecule has 0 aliphatic carbocycles. The zero-order valence-electron chi connectivity index (χ0n) is 7.94. The van der Waals surface area contributed by atoms with Gasteiger partial charge in [0.05, 0.1) is 6.17 Å². The molecule has 0 spiro atoms. The lowest BCUT2D eigenvalue weighted by atomic mass is 10.2. The van der Waals surface area contributed by atoms with Gasteiger partial charge in [0.15, 0.2) is 0 Å². The number of nitrogens with two attached hydrogens (primary N) is 2. The van der Waals surface area contributed by atoms with Gasteiger partial charge in [-0.05, 0) is 12.8 Å². The Morgan fingerprint density at radius 1 is 1.21 bits per heavy atom. The molecule has 14 heavy (non-hydrogen) atoms. The quantitative estimate of drug-likeness (QED) is 0.290. The lowest BCUT2D eigenvalue weighted by molar-refractivity contribution is -0.144. The first-order valence-electron chi connectivity index (χ1n) is 4.41. The van der Waals surface area contributed by atoms with Gasteiger partial charge in [-0.3, -0.25) is 9.59 Å². The van der Waals surface area contributed by atoms with Crippen molar-refractivity contribution in [1.82, 2.24) is 0 Å². The summed E-state index contributed by atoms with van der Waals surface area (Å²) in [5.41, 5.74) is 10.3. The van der Waals surface area contributed by atoms with Crippen molar-refractivity contribution in [2.75, 3.05) is 6.61 Å². The van der Waals surface area contributed by atoms with Crippen molar-refractivity contribution in [3.8, 4) is 0 Å². The van der Waals surface area contributed by atoms with E-state index in [9.17, 15) is 9.59 Å². The second-order valence-corrected chi connectivity index (χ2v) is 2.95. The van der Waals surface area contributed by atoms with Crippen molar-refractivity contribution in [1.29, 1.82) is 0 Å². The van der Waals surface area contributed by atoms with E-state index < -0.39 is 18.1 Å². The third kappa shape index (κ3) is 8.95. The number of carboxylic acid groups (broad SMARTS) is 1. The highest BCUT2D eigenvalue weighted by Crippen LogP contribution is 2.01. The summed E-state index contributed by atoms with van der Waals surface area (Å²) >= 11 is 0. The zero-order chi connectivity index (χ0) is 11.0. The zero-order valence-corrected chi connectivity index (χ0v) is 7.94. The molecule has 0 unspecified atom stereocenters. The standard InChI is InChI=1S/C8H16N2O4/c9-6(10)5-14-8(13)4-2-1-3-7(11)12/h6H,1-5,9-10H2,(H,11,12). The van der Waals surface area contributed by atoms with Crippen LogP contribution in [-0.2, 0) is 14.3 Å². The fourth-order valence-electron chi connectivity index (χ4n) is 0.807. The van der Waals surface area contributed by atoms with E-state index in [0.717, 1.165) is 0 Å². The van der Waals surface area contributed by atoms with Crippen molar-refractivity contribution in [3.05, 3.63) is 0 Å². The molecule has 6 heteroatoms. The summed E-state index contributed by atoms with van der Waals surface area (Å²) in [6, 6.07) is 0. The van der Waals surface area contributed by atoms with E-state index in [1.54, 1.807) is 0 Å². The van der Waals surface area contributed by atoms with E-state index in [2.05, 4.69) is 4.74 Å². The molecule has 0 rings (SSSR count). The third-order valence-electron chi connectivity index (χ3n) is 1.46. The van der Waals surface area contributed by atoms with E-state index >= 15 is 0 Å². The van der Waals surface area contributed by atoms with Crippen LogP contribution in [0.15, 0.2) is 0 Å². The number of aliphatic carboxylic acids is 1. The minimum atomic E-state index is -0.859. The fourth-order valence-corrected chi connectivity index (χ4v) is 0.807. The summed E-state index contributed by atoms with van der Waals surface area (Å²) in [6.45, 7) is -0.00222. The van der Waals surface area contributed by atoms with Crippen LogP contribution in [0.5, 0.6) is 0 Å². The van der Waals surface area contributed by atoms with E-state index in [4.69, 9.17) is 16.6 Å². The predicted molar refractivity (Wildman–Crippen MR) is 49.2 cm³/mol. The molecular formula is C8H16N2O4. The summed E-state index contributed by atoms with van der Waals surface area (Å²) in [5, 5.41) is 8.31. The number of hydrogen-bond acceptors (Lipinski definition) is 5. The Balaban J connectivity index is 3.31. The number of carboxylic acids is 1. The topological polar surface area (TPSA) is 116 Å². The van der Waals surface area contributed by atoms with Crippen molar-refractivity contribution < 1.29 is 19.4 Å². The second kappa shape index (κ2) is 7.28. The molecule has 0 aliphatic rings. The van der Waals surface area contributed by atoms with Gasteiger partial charge >= 0.3 is 11.9 Å². The van der Waals surface area contributed by atoms with Crippen LogP contribution in [0, 0.1) is 0 Å². The molecule has 0 aliphatic heterocycles. The monoisotopic (exact) mass is 204 g/mol. The minimum Gasteiger partial charge on any atom is -0.481 e. The molecule has 0 heterocycles. The molecule has 0 aromatic heterocycles. The average molecular weight is 204 g/mol.